The van der Waals surface area contributed by atoms with Crippen molar-refractivity contribution in [3.05, 3.63) is 59.4 Å². The number of carbonyl (C=O) groups is 1. The van der Waals surface area contributed by atoms with Crippen LogP contribution in [0.1, 0.15) is 17.8 Å². The molecule has 0 unspecified atom stereocenters. The van der Waals surface area contributed by atoms with Gasteiger partial charge in [-0.15, -0.1) is 11.3 Å². The number of amides is 1. The summed E-state index contributed by atoms with van der Waals surface area (Å²) in [5.41, 5.74) is 0.979. The third-order valence-electron chi connectivity index (χ3n) is 5.23. The zero-order chi connectivity index (χ0) is 22.7. The molecule has 1 fully saturated rings. The molecule has 2 aromatic carbocycles. The smallest absolute Gasteiger partial charge is 0.404 e. The zero-order valence-electron chi connectivity index (χ0n) is 17.1. The Morgan fingerprint density at radius 2 is 1.91 bits per heavy atom. The highest BCUT2D eigenvalue weighted by Gasteiger charge is 2.29. The van der Waals surface area contributed by atoms with Gasteiger partial charge in [0.1, 0.15) is 11.5 Å². The van der Waals surface area contributed by atoms with Gasteiger partial charge in [0.15, 0.2) is 4.21 Å². The van der Waals surface area contributed by atoms with Crippen LogP contribution in [0, 0.1) is 5.82 Å². The van der Waals surface area contributed by atoms with Crippen molar-refractivity contribution in [1.29, 1.82) is 0 Å². The predicted octanol–water partition coefficient (Wildman–Crippen LogP) is 4.19. The molecule has 4 rings (SSSR count). The van der Waals surface area contributed by atoms with Crippen molar-refractivity contribution < 1.29 is 22.7 Å². The molecule has 0 saturated carbocycles. The summed E-state index contributed by atoms with van der Waals surface area (Å²) in [4.78, 5) is 17.4. The number of thiazole rings is 1. The highest BCUT2D eigenvalue weighted by Crippen LogP contribution is 2.38. The third-order valence-corrected chi connectivity index (χ3v) is 8.60. The molecule has 10 heteroatoms. The molecule has 1 aliphatic heterocycles. The molecule has 0 bridgehead atoms. The van der Waals surface area contributed by atoms with Crippen molar-refractivity contribution >= 4 is 33.0 Å². The molecule has 0 aliphatic carbocycles. The minimum Gasteiger partial charge on any atom is -0.465 e. The first-order valence-corrected chi connectivity index (χ1v) is 12.5. The molecule has 2 N–H and O–H groups in total. The van der Waals surface area contributed by atoms with E-state index in [4.69, 9.17) is 5.11 Å². The first-order valence-electron chi connectivity index (χ1n) is 10.2. The van der Waals surface area contributed by atoms with Gasteiger partial charge in [-0.1, -0.05) is 18.2 Å². The monoisotopic (exact) mass is 475 g/mol. The van der Waals surface area contributed by atoms with Crippen LogP contribution < -0.4 is 10.2 Å². The van der Waals surface area contributed by atoms with Crippen molar-refractivity contribution in [3.63, 3.8) is 0 Å². The fourth-order valence-corrected chi connectivity index (χ4v) is 6.65. The maximum Gasteiger partial charge on any atom is 0.404 e. The Morgan fingerprint density at radius 3 is 2.62 bits per heavy atom. The van der Waals surface area contributed by atoms with Gasteiger partial charge in [-0.05, 0) is 43.2 Å². The SMILES string of the molecule is O=C(O)NCCc1nc(-c2ccccc2F)c(S(=O)(=O)c2cccc(N3CCCC3)c2)s1. The van der Waals surface area contributed by atoms with Gasteiger partial charge in [0, 0.05) is 37.3 Å². The highest BCUT2D eigenvalue weighted by atomic mass is 32.2. The maximum absolute atomic E-state index is 14.6. The van der Waals surface area contributed by atoms with Gasteiger partial charge in [0.05, 0.1) is 9.90 Å². The molecular formula is C22H22FN3O4S2. The second kappa shape index (κ2) is 9.25. The van der Waals surface area contributed by atoms with Crippen LogP contribution in [0.4, 0.5) is 14.9 Å². The average molecular weight is 476 g/mol. The van der Waals surface area contributed by atoms with Crippen LogP contribution in [-0.2, 0) is 16.3 Å². The van der Waals surface area contributed by atoms with Crippen LogP contribution in [-0.4, -0.2) is 44.2 Å². The number of hydrogen-bond acceptors (Lipinski definition) is 6. The molecule has 0 spiro atoms. The van der Waals surface area contributed by atoms with Gasteiger partial charge in [-0.3, -0.25) is 0 Å². The van der Waals surface area contributed by atoms with Crippen LogP contribution in [0.25, 0.3) is 11.3 Å². The summed E-state index contributed by atoms with van der Waals surface area (Å²) in [7, 11) is -3.98. The number of sulfone groups is 1. The molecule has 32 heavy (non-hydrogen) atoms. The Bertz CT molecular complexity index is 1240. The summed E-state index contributed by atoms with van der Waals surface area (Å²) in [6.07, 6.45) is 1.15. The maximum atomic E-state index is 14.6. The Balaban J connectivity index is 1.77. The predicted molar refractivity (Wildman–Crippen MR) is 121 cm³/mol. The van der Waals surface area contributed by atoms with E-state index >= 15 is 0 Å². The molecule has 168 valence electrons. The quantitative estimate of drug-likeness (QED) is 0.532. The number of hydrogen-bond donors (Lipinski definition) is 2. The van der Waals surface area contributed by atoms with Gasteiger partial charge < -0.3 is 15.3 Å². The largest absolute Gasteiger partial charge is 0.465 e. The summed E-state index contributed by atoms with van der Waals surface area (Å²) < 4.78 is 41.7. The number of nitrogens with zero attached hydrogens (tertiary/aromatic N) is 2. The lowest BCUT2D eigenvalue weighted by atomic mass is 10.1. The summed E-state index contributed by atoms with van der Waals surface area (Å²) in [5.74, 6) is -0.574. The molecule has 1 aliphatic rings. The van der Waals surface area contributed by atoms with E-state index in [-0.39, 0.29) is 33.3 Å². The van der Waals surface area contributed by atoms with E-state index in [1.54, 1.807) is 18.2 Å². The third kappa shape index (κ3) is 4.61. The molecule has 2 heterocycles. The molecule has 1 amide bonds. The first-order chi connectivity index (χ1) is 15.4. The van der Waals surface area contributed by atoms with Gasteiger partial charge in [-0.2, -0.15) is 0 Å². The Hall–Kier alpha value is -2.98. The van der Waals surface area contributed by atoms with Crippen molar-refractivity contribution in [3.8, 4) is 11.3 Å². The molecule has 1 aromatic heterocycles. The van der Waals surface area contributed by atoms with Crippen LogP contribution in [0.5, 0.6) is 0 Å². The van der Waals surface area contributed by atoms with E-state index in [0.29, 0.717) is 5.01 Å². The van der Waals surface area contributed by atoms with Gasteiger partial charge >= 0.3 is 6.09 Å². The molecule has 3 aromatic rings. The summed E-state index contributed by atoms with van der Waals surface area (Å²) >= 11 is 0.942. The summed E-state index contributed by atoms with van der Waals surface area (Å²) in [6.45, 7) is 1.83. The van der Waals surface area contributed by atoms with Crippen LogP contribution in [0.3, 0.4) is 0 Å². The number of nitrogens with one attached hydrogen (secondary N) is 1. The molecular weight excluding hydrogens is 453 g/mol. The Morgan fingerprint density at radius 1 is 1.16 bits per heavy atom. The summed E-state index contributed by atoms with van der Waals surface area (Å²) in [6, 6.07) is 12.7. The van der Waals surface area contributed by atoms with Crippen LogP contribution in [0.2, 0.25) is 0 Å². The van der Waals surface area contributed by atoms with Crippen LogP contribution in [0.15, 0.2) is 57.6 Å². The molecule has 1 saturated heterocycles. The average Bonchev–Trinajstić information content (AvgIpc) is 3.45. The fraction of sp³-hybridized carbons (Fsp3) is 0.273. The van der Waals surface area contributed by atoms with E-state index in [1.807, 2.05) is 6.07 Å². The number of aromatic nitrogens is 1. The lowest BCUT2D eigenvalue weighted by Gasteiger charge is -2.18. The van der Waals surface area contributed by atoms with Crippen molar-refractivity contribution in [2.45, 2.75) is 28.4 Å². The topological polar surface area (TPSA) is 99.6 Å². The number of benzene rings is 2. The van der Waals surface area contributed by atoms with E-state index < -0.39 is 21.7 Å². The van der Waals surface area contributed by atoms with E-state index in [1.165, 1.54) is 24.3 Å². The fourth-order valence-electron chi connectivity index (χ4n) is 3.67. The minimum absolute atomic E-state index is 0.0463. The van der Waals surface area contributed by atoms with Crippen molar-refractivity contribution in [2.24, 2.45) is 0 Å². The van der Waals surface area contributed by atoms with Crippen LogP contribution >= 0.6 is 11.3 Å². The first kappa shape index (κ1) is 22.2. The normalized spacial score (nSPS) is 14.0. The molecule has 0 radical (unpaired) electrons. The second-order valence-electron chi connectivity index (χ2n) is 7.40. The second-order valence-corrected chi connectivity index (χ2v) is 10.6. The Labute approximate surface area is 189 Å². The zero-order valence-corrected chi connectivity index (χ0v) is 18.8. The lowest BCUT2D eigenvalue weighted by molar-refractivity contribution is 0.194. The van der Waals surface area contributed by atoms with Crippen molar-refractivity contribution in [1.82, 2.24) is 10.3 Å². The van der Waals surface area contributed by atoms with Gasteiger partial charge in [0.25, 0.3) is 0 Å². The van der Waals surface area contributed by atoms with Crippen molar-refractivity contribution in [2.75, 3.05) is 24.5 Å². The van der Waals surface area contributed by atoms with Gasteiger partial charge in [0.2, 0.25) is 9.84 Å². The molecule has 7 nitrogen and oxygen atoms in total. The van der Waals surface area contributed by atoms with E-state index in [0.717, 1.165) is 43.0 Å². The number of rotatable bonds is 7. The summed E-state index contributed by atoms with van der Waals surface area (Å²) in [5, 5.41) is 11.4. The Kier molecular flexibility index (Phi) is 6.43. The number of carboxylic acid groups (broad SMARTS) is 1. The number of halogens is 1. The lowest BCUT2D eigenvalue weighted by Crippen LogP contribution is -2.23. The molecule has 0 atom stereocenters. The minimum atomic E-state index is -3.98. The van der Waals surface area contributed by atoms with E-state index in [9.17, 15) is 17.6 Å². The number of anilines is 1. The van der Waals surface area contributed by atoms with E-state index in [2.05, 4.69) is 15.2 Å². The highest BCUT2D eigenvalue weighted by molar-refractivity contribution is 7.93. The standard InChI is InChI=1S/C22H22FN3O4S2/c23-18-9-2-1-8-17(18)20-21(31-19(25-20)10-11-24-22(27)28)32(29,30)16-7-5-6-15(14-16)26-12-3-4-13-26/h1-2,5-9,14,24H,3-4,10-13H2,(H,27,28). The van der Waals surface area contributed by atoms with Gasteiger partial charge in [-0.25, -0.2) is 22.6 Å².